The minimum Gasteiger partial charge on any atom is -0.462 e. The van der Waals surface area contributed by atoms with Crippen molar-refractivity contribution in [1.82, 2.24) is 4.57 Å². The molecule has 0 aliphatic carbocycles. The average molecular weight is 403 g/mol. The first kappa shape index (κ1) is 19.8. The van der Waals surface area contributed by atoms with Gasteiger partial charge in [-0.25, -0.2) is 14.0 Å². The van der Waals surface area contributed by atoms with Crippen LogP contribution in [0.4, 0.5) is 4.39 Å². The first-order valence-corrected chi connectivity index (χ1v) is 9.36. The number of thiophene rings is 1. The van der Waals surface area contributed by atoms with Gasteiger partial charge < -0.3 is 14.0 Å². The van der Waals surface area contributed by atoms with Gasteiger partial charge in [-0.1, -0.05) is 6.07 Å². The fourth-order valence-electron chi connectivity index (χ4n) is 2.84. The predicted molar refractivity (Wildman–Crippen MR) is 102 cm³/mol. The van der Waals surface area contributed by atoms with Crippen LogP contribution in [0, 0.1) is 5.82 Å². The normalized spacial score (nSPS) is 10.9. The van der Waals surface area contributed by atoms with E-state index in [1.54, 1.807) is 26.1 Å². The maximum Gasteiger partial charge on any atom is 0.355 e. The number of Topliss-reactive ketones (excluding diaryl/α,β-unsaturated/α-hetero) is 1. The number of hydrogen-bond acceptors (Lipinski definition) is 6. The number of hydrogen-bond donors (Lipinski definition) is 0. The minimum absolute atomic E-state index is 0.173. The molecule has 0 saturated heterocycles. The molecule has 146 valence electrons. The van der Waals surface area contributed by atoms with Crippen LogP contribution < -0.4 is 0 Å². The summed E-state index contributed by atoms with van der Waals surface area (Å²) < 4.78 is 26.8. The van der Waals surface area contributed by atoms with E-state index in [0.717, 1.165) is 11.3 Å². The number of benzene rings is 1. The van der Waals surface area contributed by atoms with E-state index < -0.39 is 17.8 Å². The maximum absolute atomic E-state index is 14.4. The Morgan fingerprint density at radius 2 is 1.93 bits per heavy atom. The second-order valence-corrected chi connectivity index (χ2v) is 7.15. The van der Waals surface area contributed by atoms with Gasteiger partial charge in [0.05, 0.1) is 6.61 Å². The number of aromatic nitrogens is 1. The van der Waals surface area contributed by atoms with Gasteiger partial charge in [0.1, 0.15) is 23.0 Å². The number of ether oxygens (including phenoxy) is 2. The van der Waals surface area contributed by atoms with E-state index in [2.05, 4.69) is 0 Å². The monoisotopic (exact) mass is 403 g/mol. The fourth-order valence-corrected chi connectivity index (χ4v) is 3.95. The van der Waals surface area contributed by atoms with Crippen LogP contribution in [-0.2, 0) is 23.1 Å². The first-order valence-electron chi connectivity index (χ1n) is 8.54. The zero-order valence-electron chi connectivity index (χ0n) is 15.6. The summed E-state index contributed by atoms with van der Waals surface area (Å²) >= 11 is 1.09. The lowest BCUT2D eigenvalue weighted by Crippen LogP contribution is -2.11. The molecule has 0 radical (unpaired) electrons. The molecule has 3 aromatic rings. The molecule has 2 heterocycles. The van der Waals surface area contributed by atoms with E-state index >= 15 is 0 Å². The summed E-state index contributed by atoms with van der Waals surface area (Å²) in [5.41, 5.74) is 0.836. The third-order valence-electron chi connectivity index (χ3n) is 4.19. The van der Waals surface area contributed by atoms with E-state index in [-0.39, 0.29) is 40.5 Å². The van der Waals surface area contributed by atoms with Gasteiger partial charge >= 0.3 is 11.9 Å². The molecule has 0 aliphatic heterocycles. The summed E-state index contributed by atoms with van der Waals surface area (Å²) in [6, 6.07) is 5.95. The predicted octanol–water partition coefficient (Wildman–Crippen LogP) is 4.12. The van der Waals surface area contributed by atoms with E-state index in [0.29, 0.717) is 10.3 Å². The second-order valence-electron chi connectivity index (χ2n) is 6.10. The number of fused-ring (bicyclic) bond motifs is 1. The fraction of sp³-hybridized carbons (Fsp3) is 0.250. The van der Waals surface area contributed by atoms with Gasteiger partial charge in [0.2, 0.25) is 0 Å². The van der Waals surface area contributed by atoms with Crippen molar-refractivity contribution in [3.8, 4) is 0 Å². The molecule has 2 aromatic heterocycles. The molecular weight excluding hydrogens is 385 g/mol. The molecule has 1 aromatic carbocycles. The molecule has 6 nitrogen and oxygen atoms in total. The van der Waals surface area contributed by atoms with Crippen molar-refractivity contribution in [2.45, 2.75) is 20.5 Å². The third-order valence-corrected chi connectivity index (χ3v) is 5.37. The van der Waals surface area contributed by atoms with Crippen LogP contribution >= 0.6 is 11.3 Å². The third kappa shape index (κ3) is 3.68. The number of carbonyl (C=O) groups excluding carboxylic acids is 3. The molecule has 0 fully saturated rings. The van der Waals surface area contributed by atoms with Crippen molar-refractivity contribution in [1.29, 1.82) is 0 Å². The number of esters is 2. The largest absolute Gasteiger partial charge is 0.462 e. The molecule has 0 unspecified atom stereocenters. The lowest BCUT2D eigenvalue weighted by molar-refractivity contribution is 0.0445. The average Bonchev–Trinajstić information content (AvgIpc) is 3.22. The van der Waals surface area contributed by atoms with E-state index in [1.807, 2.05) is 0 Å². The van der Waals surface area contributed by atoms with E-state index in [4.69, 9.17) is 9.47 Å². The summed E-state index contributed by atoms with van der Waals surface area (Å²) in [5, 5.41) is 0.236. The quantitative estimate of drug-likeness (QED) is 0.457. The Morgan fingerprint density at radius 3 is 2.57 bits per heavy atom. The smallest absolute Gasteiger partial charge is 0.355 e. The minimum atomic E-state index is -0.680. The Kier molecular flexibility index (Phi) is 5.60. The number of aryl methyl sites for hydroxylation is 1. The molecule has 0 amide bonds. The van der Waals surface area contributed by atoms with Crippen molar-refractivity contribution < 1.29 is 28.2 Å². The van der Waals surface area contributed by atoms with Gasteiger partial charge in [-0.3, -0.25) is 4.79 Å². The standard InChI is InChI=1S/C20H18FNO5S/c1-4-26-20(25)18-13(17-14(21)6-5-7-16(17)28-18)10-27-19(24)15-8-12(11(2)23)9-22(15)3/h5-9H,4,10H2,1-3H3. The molecule has 28 heavy (non-hydrogen) atoms. The lowest BCUT2D eigenvalue weighted by atomic mass is 10.1. The molecule has 8 heteroatoms. The van der Waals surface area contributed by atoms with Crippen LogP contribution in [0.5, 0.6) is 0 Å². The lowest BCUT2D eigenvalue weighted by Gasteiger charge is -2.08. The second kappa shape index (κ2) is 7.93. The highest BCUT2D eigenvalue weighted by molar-refractivity contribution is 7.21. The Labute approximate surface area is 164 Å². The van der Waals surface area contributed by atoms with E-state index in [1.165, 1.54) is 29.8 Å². The van der Waals surface area contributed by atoms with Gasteiger partial charge in [0.25, 0.3) is 0 Å². The number of halogens is 1. The Bertz CT molecular complexity index is 1080. The number of nitrogens with zero attached hydrogens (tertiary/aromatic N) is 1. The van der Waals surface area contributed by atoms with E-state index in [9.17, 15) is 18.8 Å². The highest BCUT2D eigenvalue weighted by atomic mass is 32.1. The summed E-state index contributed by atoms with van der Waals surface area (Å²) in [7, 11) is 1.62. The Balaban J connectivity index is 1.93. The van der Waals surface area contributed by atoms with Crippen LogP contribution in [0.1, 0.15) is 49.9 Å². The van der Waals surface area contributed by atoms with Crippen LogP contribution in [0.15, 0.2) is 30.5 Å². The van der Waals surface area contributed by atoms with Crippen LogP contribution in [0.2, 0.25) is 0 Å². The molecule has 0 spiro atoms. The van der Waals surface area contributed by atoms with Crippen molar-refractivity contribution in [2.75, 3.05) is 6.61 Å². The van der Waals surface area contributed by atoms with Crippen molar-refractivity contribution in [3.63, 3.8) is 0 Å². The van der Waals surface area contributed by atoms with Gasteiger partial charge in [0.15, 0.2) is 5.78 Å². The number of carbonyl (C=O) groups is 3. The van der Waals surface area contributed by atoms with Crippen molar-refractivity contribution in [2.24, 2.45) is 7.05 Å². The zero-order chi connectivity index (χ0) is 20.4. The van der Waals surface area contributed by atoms with Gasteiger partial charge in [-0.2, -0.15) is 0 Å². The van der Waals surface area contributed by atoms with Crippen molar-refractivity contribution in [3.05, 3.63) is 58.0 Å². The van der Waals surface area contributed by atoms with Gasteiger partial charge in [-0.15, -0.1) is 11.3 Å². The zero-order valence-corrected chi connectivity index (χ0v) is 16.4. The van der Waals surface area contributed by atoms with Crippen LogP contribution in [0.3, 0.4) is 0 Å². The van der Waals surface area contributed by atoms with Crippen LogP contribution in [-0.4, -0.2) is 28.9 Å². The molecule has 0 bridgehead atoms. The van der Waals surface area contributed by atoms with Crippen LogP contribution in [0.25, 0.3) is 10.1 Å². The molecule has 0 saturated carbocycles. The van der Waals surface area contributed by atoms with Gasteiger partial charge in [0, 0.05) is 34.5 Å². The molecular formula is C20H18FNO5S. The highest BCUT2D eigenvalue weighted by Gasteiger charge is 2.24. The molecule has 0 atom stereocenters. The first-order chi connectivity index (χ1) is 13.3. The summed E-state index contributed by atoms with van der Waals surface area (Å²) in [4.78, 5) is 36.4. The Hall–Kier alpha value is -3.00. The SMILES string of the molecule is CCOC(=O)c1sc2cccc(F)c2c1COC(=O)c1cc(C(C)=O)cn1C. The van der Waals surface area contributed by atoms with Crippen molar-refractivity contribution >= 4 is 39.1 Å². The molecule has 3 rings (SSSR count). The Morgan fingerprint density at radius 1 is 1.18 bits per heavy atom. The summed E-state index contributed by atoms with van der Waals surface area (Å²) in [6.07, 6.45) is 1.53. The number of ketones is 1. The maximum atomic E-state index is 14.4. The number of rotatable bonds is 6. The molecule has 0 aliphatic rings. The van der Waals surface area contributed by atoms with Gasteiger partial charge in [-0.05, 0) is 32.0 Å². The summed E-state index contributed by atoms with van der Waals surface area (Å²) in [6.45, 7) is 2.95. The molecule has 0 N–H and O–H groups in total. The topological polar surface area (TPSA) is 74.6 Å². The summed E-state index contributed by atoms with van der Waals surface area (Å²) in [5.74, 6) is -1.95. The highest BCUT2D eigenvalue weighted by Crippen LogP contribution is 2.34.